The Kier molecular flexibility index (Phi) is 3.15. The molecule has 0 aliphatic rings. The second-order valence-corrected chi connectivity index (χ2v) is 3.25. The van der Waals surface area contributed by atoms with E-state index in [0.29, 0.717) is 12.3 Å². The molecule has 0 radical (unpaired) electrons. The highest BCUT2D eigenvalue weighted by Gasteiger charge is 2.19. The first-order valence-corrected chi connectivity index (χ1v) is 3.31. The Morgan fingerprint density at radius 3 is 2.00 bits per heavy atom. The Morgan fingerprint density at radius 1 is 1.44 bits per heavy atom. The normalized spacial score (nSPS) is 18.0. The smallest absolute Gasteiger partial charge is 0.0851 e. The Hall–Kier alpha value is -0.0800. The summed E-state index contributed by atoms with van der Waals surface area (Å²) in [6, 6.07) is 0. The maximum absolute atomic E-state index is 9.24. The van der Waals surface area contributed by atoms with Crippen LogP contribution in [0.1, 0.15) is 27.2 Å². The monoisotopic (exact) mass is 132 g/mol. The zero-order valence-corrected chi connectivity index (χ0v) is 6.39. The Morgan fingerprint density at radius 2 is 1.89 bits per heavy atom. The maximum Gasteiger partial charge on any atom is 0.0851 e. The van der Waals surface area contributed by atoms with Gasteiger partial charge in [-0.25, -0.2) is 0 Å². The lowest BCUT2D eigenvalue weighted by molar-refractivity contribution is -0.0142. The van der Waals surface area contributed by atoms with Crippen molar-refractivity contribution >= 4 is 0 Å². The van der Waals surface area contributed by atoms with Crippen molar-refractivity contribution in [1.82, 2.24) is 0 Å². The van der Waals surface area contributed by atoms with Gasteiger partial charge >= 0.3 is 0 Å². The first kappa shape index (κ1) is 8.92. The zero-order chi connectivity index (χ0) is 7.49. The van der Waals surface area contributed by atoms with Crippen LogP contribution in [0.5, 0.6) is 0 Å². The van der Waals surface area contributed by atoms with Crippen LogP contribution in [0.15, 0.2) is 0 Å². The summed E-state index contributed by atoms with van der Waals surface area (Å²) in [6.45, 7) is 5.53. The van der Waals surface area contributed by atoms with E-state index in [2.05, 4.69) is 0 Å². The van der Waals surface area contributed by atoms with Crippen molar-refractivity contribution in [2.75, 3.05) is 6.61 Å². The van der Waals surface area contributed by atoms with Gasteiger partial charge in [0.2, 0.25) is 0 Å². The summed E-state index contributed by atoms with van der Waals surface area (Å²) in [6.07, 6.45) is 0.656. The lowest BCUT2D eigenvalue weighted by atomic mass is 9.95. The first-order chi connectivity index (χ1) is 3.98. The van der Waals surface area contributed by atoms with Crippen LogP contribution in [0.2, 0.25) is 0 Å². The number of hydrogen-bond donors (Lipinski definition) is 2. The highest BCUT2D eigenvalue weighted by atomic mass is 16.3. The molecular formula is C7H16O2. The van der Waals surface area contributed by atoms with E-state index >= 15 is 0 Å². The maximum atomic E-state index is 9.24. The third-order valence-corrected chi connectivity index (χ3v) is 1.19. The lowest BCUT2D eigenvalue weighted by Crippen LogP contribution is -2.30. The molecule has 1 atom stereocenters. The molecule has 0 aliphatic heterocycles. The second kappa shape index (κ2) is 3.18. The number of aliphatic hydroxyl groups is 2. The van der Waals surface area contributed by atoms with Gasteiger partial charge in [-0.3, -0.25) is 0 Å². The topological polar surface area (TPSA) is 40.5 Å². The Balaban J connectivity index is 3.58. The molecule has 0 saturated carbocycles. The summed E-state index contributed by atoms with van der Waals surface area (Å²) in [5.41, 5.74) is -0.881. The van der Waals surface area contributed by atoms with Crippen molar-refractivity contribution in [2.24, 2.45) is 5.92 Å². The second-order valence-electron chi connectivity index (χ2n) is 3.25. The van der Waals surface area contributed by atoms with Crippen LogP contribution in [0.25, 0.3) is 0 Å². The molecule has 0 amide bonds. The fraction of sp³-hybridized carbons (Fsp3) is 1.00. The molecule has 0 bridgehead atoms. The standard InChI is InChI=1S/C7H16O2/c1-6(2)4-7(3,9)5-8/h6,8-9H,4-5H2,1-3H3. The molecule has 0 saturated heterocycles. The predicted molar refractivity (Wildman–Crippen MR) is 37.2 cm³/mol. The minimum Gasteiger partial charge on any atom is -0.393 e. The van der Waals surface area contributed by atoms with Gasteiger partial charge in [0.15, 0.2) is 0 Å². The van der Waals surface area contributed by atoms with E-state index in [0.717, 1.165) is 0 Å². The van der Waals surface area contributed by atoms with Gasteiger partial charge in [-0.2, -0.15) is 0 Å². The van der Waals surface area contributed by atoms with Gasteiger partial charge in [0, 0.05) is 0 Å². The molecule has 9 heavy (non-hydrogen) atoms. The highest BCUT2D eigenvalue weighted by molar-refractivity contribution is 4.71. The van der Waals surface area contributed by atoms with Crippen molar-refractivity contribution in [3.8, 4) is 0 Å². The third-order valence-electron chi connectivity index (χ3n) is 1.19. The molecule has 0 rings (SSSR count). The van der Waals surface area contributed by atoms with Crippen LogP contribution in [-0.4, -0.2) is 22.4 Å². The molecule has 0 aromatic heterocycles. The lowest BCUT2D eigenvalue weighted by Gasteiger charge is -2.21. The molecule has 0 heterocycles. The summed E-state index contributed by atoms with van der Waals surface area (Å²) in [5.74, 6) is 0.437. The summed E-state index contributed by atoms with van der Waals surface area (Å²) in [5, 5.41) is 17.8. The molecule has 0 aliphatic carbocycles. The van der Waals surface area contributed by atoms with Crippen molar-refractivity contribution in [3.63, 3.8) is 0 Å². The fourth-order valence-corrected chi connectivity index (χ4v) is 0.944. The van der Waals surface area contributed by atoms with Crippen LogP contribution in [0, 0.1) is 5.92 Å². The van der Waals surface area contributed by atoms with E-state index in [4.69, 9.17) is 5.11 Å². The van der Waals surface area contributed by atoms with Crippen molar-refractivity contribution in [1.29, 1.82) is 0 Å². The molecule has 2 heteroatoms. The zero-order valence-electron chi connectivity index (χ0n) is 6.39. The molecule has 0 aromatic carbocycles. The highest BCUT2D eigenvalue weighted by Crippen LogP contribution is 2.14. The molecule has 0 aromatic rings. The van der Waals surface area contributed by atoms with E-state index in [-0.39, 0.29) is 6.61 Å². The van der Waals surface area contributed by atoms with Crippen molar-refractivity contribution < 1.29 is 10.2 Å². The minimum atomic E-state index is -0.881. The molecule has 0 spiro atoms. The summed E-state index contributed by atoms with van der Waals surface area (Å²) in [7, 11) is 0. The Labute approximate surface area is 56.5 Å². The molecule has 2 N–H and O–H groups in total. The number of hydrogen-bond acceptors (Lipinski definition) is 2. The van der Waals surface area contributed by atoms with E-state index in [1.807, 2.05) is 13.8 Å². The van der Waals surface area contributed by atoms with Crippen LogP contribution >= 0.6 is 0 Å². The van der Waals surface area contributed by atoms with Gasteiger partial charge in [0.25, 0.3) is 0 Å². The van der Waals surface area contributed by atoms with Gasteiger partial charge < -0.3 is 10.2 Å². The molecular weight excluding hydrogens is 116 g/mol. The SMILES string of the molecule is CC(C)CC(C)(O)CO. The van der Waals surface area contributed by atoms with E-state index in [1.165, 1.54) is 0 Å². The van der Waals surface area contributed by atoms with Crippen LogP contribution < -0.4 is 0 Å². The first-order valence-electron chi connectivity index (χ1n) is 3.31. The molecule has 56 valence electrons. The van der Waals surface area contributed by atoms with Crippen molar-refractivity contribution in [3.05, 3.63) is 0 Å². The van der Waals surface area contributed by atoms with Gasteiger partial charge in [0.1, 0.15) is 0 Å². The van der Waals surface area contributed by atoms with Gasteiger partial charge in [-0.05, 0) is 19.3 Å². The summed E-state index contributed by atoms with van der Waals surface area (Å²) >= 11 is 0. The Bertz CT molecular complexity index is 77.0. The summed E-state index contributed by atoms with van der Waals surface area (Å²) in [4.78, 5) is 0. The molecule has 0 fully saturated rings. The van der Waals surface area contributed by atoms with Gasteiger partial charge in [-0.1, -0.05) is 13.8 Å². The van der Waals surface area contributed by atoms with E-state index in [1.54, 1.807) is 6.92 Å². The average Bonchev–Trinajstić information content (AvgIpc) is 1.63. The summed E-state index contributed by atoms with van der Waals surface area (Å²) < 4.78 is 0. The molecule has 1 unspecified atom stereocenters. The van der Waals surface area contributed by atoms with Crippen LogP contribution in [-0.2, 0) is 0 Å². The average molecular weight is 132 g/mol. The number of rotatable bonds is 3. The molecule has 2 nitrogen and oxygen atoms in total. The predicted octanol–water partition coefficient (Wildman–Crippen LogP) is 0.776. The van der Waals surface area contributed by atoms with Crippen LogP contribution in [0.4, 0.5) is 0 Å². The third kappa shape index (κ3) is 4.43. The van der Waals surface area contributed by atoms with E-state index in [9.17, 15) is 5.11 Å². The van der Waals surface area contributed by atoms with Gasteiger partial charge in [0.05, 0.1) is 12.2 Å². The quantitative estimate of drug-likeness (QED) is 0.595. The fourth-order valence-electron chi connectivity index (χ4n) is 0.944. The minimum absolute atomic E-state index is 0.148. The van der Waals surface area contributed by atoms with Gasteiger partial charge in [-0.15, -0.1) is 0 Å². The largest absolute Gasteiger partial charge is 0.393 e. The van der Waals surface area contributed by atoms with E-state index < -0.39 is 5.60 Å². The number of aliphatic hydroxyl groups excluding tert-OH is 1. The van der Waals surface area contributed by atoms with Crippen molar-refractivity contribution in [2.45, 2.75) is 32.8 Å². The van der Waals surface area contributed by atoms with Crippen LogP contribution in [0.3, 0.4) is 0 Å².